The molecule has 0 saturated heterocycles. The van der Waals surface area contributed by atoms with E-state index in [1.165, 1.54) is 19.2 Å². The highest BCUT2D eigenvalue weighted by Crippen LogP contribution is 2.43. The van der Waals surface area contributed by atoms with Gasteiger partial charge in [0.15, 0.2) is 6.10 Å². The quantitative estimate of drug-likeness (QED) is 0.555. The van der Waals surface area contributed by atoms with E-state index in [4.69, 9.17) is 4.74 Å². The van der Waals surface area contributed by atoms with E-state index in [1.807, 2.05) is 12.1 Å². The van der Waals surface area contributed by atoms with Gasteiger partial charge in [0.05, 0.1) is 24.9 Å². The number of carbonyl (C=O) groups is 1. The third-order valence-electron chi connectivity index (χ3n) is 5.55. The third kappa shape index (κ3) is 4.83. The van der Waals surface area contributed by atoms with Gasteiger partial charge in [0.1, 0.15) is 5.75 Å². The van der Waals surface area contributed by atoms with Crippen LogP contribution in [0.2, 0.25) is 0 Å². The third-order valence-corrected chi connectivity index (χ3v) is 5.55. The smallest absolute Gasteiger partial charge is 0.418 e. The molecule has 0 aromatic heterocycles. The van der Waals surface area contributed by atoms with Gasteiger partial charge < -0.3 is 25.6 Å². The van der Waals surface area contributed by atoms with Crippen molar-refractivity contribution in [1.29, 1.82) is 0 Å². The molecule has 4 N–H and O–H groups in total. The van der Waals surface area contributed by atoms with Gasteiger partial charge >= 0.3 is 12.2 Å². The molecule has 0 bridgehead atoms. The summed E-state index contributed by atoms with van der Waals surface area (Å²) in [5, 5.41) is 25.6. The van der Waals surface area contributed by atoms with Gasteiger partial charge in [-0.3, -0.25) is 0 Å². The summed E-state index contributed by atoms with van der Waals surface area (Å²) < 4.78 is 45.0. The minimum absolute atomic E-state index is 0.0132. The van der Waals surface area contributed by atoms with Gasteiger partial charge in [-0.15, -0.1) is 0 Å². The molecule has 1 aliphatic carbocycles. The molecule has 0 aliphatic heterocycles. The Morgan fingerprint density at radius 3 is 2.41 bits per heavy atom. The molecule has 3 atom stereocenters. The van der Waals surface area contributed by atoms with Gasteiger partial charge in [0.2, 0.25) is 0 Å². The molecule has 9 heteroatoms. The fraction of sp³-hybridized carbons (Fsp3) is 0.435. The van der Waals surface area contributed by atoms with Crippen molar-refractivity contribution < 1.29 is 32.9 Å². The summed E-state index contributed by atoms with van der Waals surface area (Å²) in [5.41, 5.74) is 1.04. The second kappa shape index (κ2) is 8.63. The molecule has 0 heterocycles. The van der Waals surface area contributed by atoms with Crippen LogP contribution in [0.1, 0.15) is 55.2 Å². The summed E-state index contributed by atoms with van der Waals surface area (Å²) in [5.74, 6) is -0.284. The van der Waals surface area contributed by atoms with E-state index < -0.39 is 41.4 Å². The molecule has 0 spiro atoms. The molecule has 0 radical (unpaired) electrons. The summed E-state index contributed by atoms with van der Waals surface area (Å²) >= 11 is 0. The minimum Gasteiger partial charge on any atom is -0.494 e. The number of hydrogen-bond acceptors (Lipinski definition) is 4. The van der Waals surface area contributed by atoms with Crippen molar-refractivity contribution >= 4 is 11.7 Å². The zero-order valence-electron chi connectivity index (χ0n) is 18.2. The average molecular weight is 452 g/mol. The number of rotatable bonds is 4. The van der Waals surface area contributed by atoms with E-state index in [-0.39, 0.29) is 11.4 Å². The number of carbonyl (C=O) groups excluding carboxylic acids is 1. The number of ether oxygens (including phenoxy) is 1. The SMILES string of the molecule is COc1c(NC(=O)NC2Cc3ccccc3C2O)cc(C(C)(C)C)cc1C(O)C(F)(F)F. The first kappa shape index (κ1) is 23.9. The highest BCUT2D eigenvalue weighted by molar-refractivity contribution is 5.92. The Morgan fingerprint density at radius 2 is 1.84 bits per heavy atom. The van der Waals surface area contributed by atoms with E-state index in [2.05, 4.69) is 10.6 Å². The number of anilines is 1. The lowest BCUT2D eigenvalue weighted by Gasteiger charge is -2.26. The molecule has 3 unspecified atom stereocenters. The Balaban J connectivity index is 1.90. The molecule has 3 rings (SSSR count). The lowest BCUT2D eigenvalue weighted by molar-refractivity contribution is -0.207. The van der Waals surface area contributed by atoms with Crippen LogP contribution in [-0.2, 0) is 11.8 Å². The number of fused-ring (bicyclic) bond motifs is 1. The first-order valence-electron chi connectivity index (χ1n) is 10.1. The number of hydrogen-bond donors (Lipinski definition) is 4. The van der Waals surface area contributed by atoms with E-state index in [0.29, 0.717) is 12.0 Å². The Morgan fingerprint density at radius 1 is 1.19 bits per heavy atom. The molecular formula is C23H27F3N2O4. The number of amides is 2. The number of benzene rings is 2. The predicted molar refractivity (Wildman–Crippen MR) is 114 cm³/mol. The summed E-state index contributed by atoms with van der Waals surface area (Å²) in [4.78, 5) is 12.7. The van der Waals surface area contributed by atoms with Gasteiger partial charge in [-0.25, -0.2) is 4.79 Å². The van der Waals surface area contributed by atoms with Crippen LogP contribution in [0.4, 0.5) is 23.7 Å². The summed E-state index contributed by atoms with van der Waals surface area (Å²) in [7, 11) is 1.17. The molecule has 32 heavy (non-hydrogen) atoms. The molecule has 2 aromatic carbocycles. The summed E-state index contributed by atoms with van der Waals surface area (Å²) in [6, 6.07) is 8.72. The van der Waals surface area contributed by atoms with E-state index >= 15 is 0 Å². The van der Waals surface area contributed by atoms with Crippen molar-refractivity contribution in [2.24, 2.45) is 0 Å². The van der Waals surface area contributed by atoms with Crippen molar-refractivity contribution in [2.45, 2.75) is 57.0 Å². The second-order valence-electron chi connectivity index (χ2n) is 8.89. The number of urea groups is 1. The fourth-order valence-corrected chi connectivity index (χ4v) is 3.82. The molecule has 0 fully saturated rings. The molecular weight excluding hydrogens is 425 g/mol. The lowest BCUT2D eigenvalue weighted by atomic mass is 9.84. The fourth-order valence-electron chi connectivity index (χ4n) is 3.82. The topological polar surface area (TPSA) is 90.8 Å². The number of alkyl halides is 3. The van der Waals surface area contributed by atoms with Gasteiger partial charge in [0.25, 0.3) is 0 Å². The van der Waals surface area contributed by atoms with Crippen LogP contribution >= 0.6 is 0 Å². The maximum atomic E-state index is 13.3. The van der Waals surface area contributed by atoms with Crippen LogP contribution in [0, 0.1) is 0 Å². The van der Waals surface area contributed by atoms with E-state index in [1.54, 1.807) is 32.9 Å². The summed E-state index contributed by atoms with van der Waals surface area (Å²) in [6.07, 6.45) is -8.18. The Bertz CT molecular complexity index is 1000. The number of aliphatic hydroxyl groups excluding tert-OH is 2. The zero-order chi connectivity index (χ0) is 23.8. The molecule has 2 aromatic rings. The van der Waals surface area contributed by atoms with E-state index in [9.17, 15) is 28.2 Å². The first-order chi connectivity index (χ1) is 14.8. The van der Waals surface area contributed by atoms with Gasteiger partial charge in [-0.05, 0) is 40.7 Å². The minimum atomic E-state index is -4.91. The van der Waals surface area contributed by atoms with Gasteiger partial charge in [0, 0.05) is 5.56 Å². The van der Waals surface area contributed by atoms with Gasteiger partial charge in [-0.2, -0.15) is 13.2 Å². The van der Waals surface area contributed by atoms with Gasteiger partial charge in [-0.1, -0.05) is 45.0 Å². The van der Waals surface area contributed by atoms with Crippen molar-refractivity contribution in [1.82, 2.24) is 5.32 Å². The van der Waals surface area contributed by atoms with Crippen molar-refractivity contribution in [3.63, 3.8) is 0 Å². The van der Waals surface area contributed by atoms with Crippen LogP contribution < -0.4 is 15.4 Å². The normalized spacial score (nSPS) is 19.3. The number of halogens is 3. The Labute approximate surface area is 184 Å². The zero-order valence-corrected chi connectivity index (χ0v) is 18.2. The summed E-state index contributed by atoms with van der Waals surface area (Å²) in [6.45, 7) is 5.40. The second-order valence-corrected chi connectivity index (χ2v) is 8.89. The molecule has 0 saturated carbocycles. The van der Waals surface area contributed by atoms with Crippen molar-refractivity contribution in [3.8, 4) is 5.75 Å². The highest BCUT2D eigenvalue weighted by Gasteiger charge is 2.42. The average Bonchev–Trinajstić information content (AvgIpc) is 3.01. The highest BCUT2D eigenvalue weighted by atomic mass is 19.4. The maximum Gasteiger partial charge on any atom is 0.418 e. The molecule has 1 aliphatic rings. The van der Waals surface area contributed by atoms with Crippen molar-refractivity contribution in [2.75, 3.05) is 12.4 Å². The van der Waals surface area contributed by atoms with E-state index in [0.717, 1.165) is 11.1 Å². The number of methoxy groups -OCH3 is 1. The Kier molecular flexibility index (Phi) is 6.44. The first-order valence-corrected chi connectivity index (χ1v) is 10.1. The number of aliphatic hydroxyl groups is 2. The van der Waals surface area contributed by atoms with Crippen LogP contribution in [-0.4, -0.2) is 35.6 Å². The predicted octanol–water partition coefficient (Wildman–Crippen LogP) is 4.37. The molecule has 6 nitrogen and oxygen atoms in total. The Hall–Kier alpha value is -2.78. The number of nitrogens with one attached hydrogen (secondary N) is 2. The van der Waals surface area contributed by atoms with Crippen LogP contribution in [0.15, 0.2) is 36.4 Å². The molecule has 174 valence electrons. The van der Waals surface area contributed by atoms with Crippen LogP contribution in [0.3, 0.4) is 0 Å². The maximum absolute atomic E-state index is 13.3. The van der Waals surface area contributed by atoms with Crippen molar-refractivity contribution in [3.05, 3.63) is 58.7 Å². The van der Waals surface area contributed by atoms with Crippen LogP contribution in [0.25, 0.3) is 0 Å². The van der Waals surface area contributed by atoms with Crippen LogP contribution in [0.5, 0.6) is 5.75 Å². The lowest BCUT2D eigenvalue weighted by Crippen LogP contribution is -2.40. The monoisotopic (exact) mass is 452 g/mol. The largest absolute Gasteiger partial charge is 0.494 e. The standard InChI is InChI=1S/C23H27F3N2O4/c1-22(2,3)13-10-15(20(30)23(24,25)26)19(32-4)17(11-13)28-21(31)27-16-9-12-7-5-6-8-14(12)18(16)29/h5-8,10-11,16,18,20,29-30H,9H2,1-4H3,(H2,27,28,31). The molecule has 2 amide bonds.